The Bertz CT molecular complexity index is 1160. The van der Waals surface area contributed by atoms with Gasteiger partial charge < -0.3 is 10.0 Å². The van der Waals surface area contributed by atoms with Gasteiger partial charge in [0.15, 0.2) is 0 Å². The third-order valence-corrected chi connectivity index (χ3v) is 10.6. The summed E-state index contributed by atoms with van der Waals surface area (Å²) < 4.78 is 16.5. The lowest BCUT2D eigenvalue weighted by atomic mass is 9.75. The van der Waals surface area contributed by atoms with Crippen molar-refractivity contribution >= 4 is 5.97 Å². The normalized spacial score (nSPS) is 27.6. The molecule has 2 heterocycles. The van der Waals surface area contributed by atoms with E-state index in [-0.39, 0.29) is 29.0 Å². The number of carbonyl (C=O) groups is 1. The van der Waals surface area contributed by atoms with Crippen molar-refractivity contribution < 1.29 is 14.3 Å². The van der Waals surface area contributed by atoms with Gasteiger partial charge in [0.25, 0.3) is 0 Å². The molecule has 0 bridgehead atoms. The molecule has 1 spiro atoms. The van der Waals surface area contributed by atoms with E-state index in [2.05, 4.69) is 29.5 Å². The minimum atomic E-state index is -0.628. The van der Waals surface area contributed by atoms with Gasteiger partial charge in [0.05, 0.1) is 11.6 Å². The van der Waals surface area contributed by atoms with Gasteiger partial charge in [0.2, 0.25) is 0 Å². The zero-order valence-electron chi connectivity index (χ0n) is 23.2. The lowest BCUT2D eigenvalue weighted by Gasteiger charge is -2.41. The van der Waals surface area contributed by atoms with Crippen molar-refractivity contribution in [1.82, 2.24) is 14.7 Å². The Labute approximate surface area is 226 Å². The average molecular weight is 522 g/mol. The monoisotopic (exact) mass is 521 g/mol. The number of benzene rings is 1. The summed E-state index contributed by atoms with van der Waals surface area (Å²) in [5.41, 5.74) is 5.68. The molecule has 6 rings (SSSR count). The maximum absolute atomic E-state index is 14.2. The summed E-state index contributed by atoms with van der Waals surface area (Å²) in [6, 6.07) is 7.09. The molecule has 4 atom stereocenters. The first-order valence-corrected chi connectivity index (χ1v) is 15.2. The van der Waals surface area contributed by atoms with Crippen LogP contribution in [-0.4, -0.2) is 45.4 Å². The van der Waals surface area contributed by atoms with E-state index < -0.39 is 5.97 Å². The number of halogens is 1. The van der Waals surface area contributed by atoms with E-state index in [1.807, 2.05) is 6.07 Å². The second-order valence-corrected chi connectivity index (χ2v) is 12.8. The van der Waals surface area contributed by atoms with Crippen molar-refractivity contribution in [2.75, 3.05) is 19.6 Å². The van der Waals surface area contributed by atoms with Crippen molar-refractivity contribution in [3.63, 3.8) is 0 Å². The Kier molecular flexibility index (Phi) is 7.13. The Morgan fingerprint density at radius 1 is 1.18 bits per heavy atom. The molecule has 4 aliphatic rings. The molecule has 5 nitrogen and oxygen atoms in total. The highest BCUT2D eigenvalue weighted by atomic mass is 19.1. The predicted molar refractivity (Wildman–Crippen MR) is 147 cm³/mol. The summed E-state index contributed by atoms with van der Waals surface area (Å²) in [6.07, 6.45) is 10.8. The van der Waals surface area contributed by atoms with Crippen LogP contribution in [0.4, 0.5) is 4.39 Å². The molecule has 0 amide bonds. The molecule has 2 unspecified atom stereocenters. The fourth-order valence-electron chi connectivity index (χ4n) is 8.43. The number of piperidine rings is 1. The number of carboxylic acids is 1. The summed E-state index contributed by atoms with van der Waals surface area (Å²) in [7, 11) is 0. The zero-order chi connectivity index (χ0) is 26.4. The molecule has 206 valence electrons. The minimum absolute atomic E-state index is 0.186. The molecule has 1 aromatic carbocycles. The van der Waals surface area contributed by atoms with Gasteiger partial charge in [0.1, 0.15) is 5.82 Å². The van der Waals surface area contributed by atoms with Gasteiger partial charge >= 0.3 is 5.97 Å². The van der Waals surface area contributed by atoms with Crippen LogP contribution >= 0.6 is 0 Å². The van der Waals surface area contributed by atoms with E-state index in [1.54, 1.807) is 6.07 Å². The maximum atomic E-state index is 14.2. The van der Waals surface area contributed by atoms with E-state index in [0.29, 0.717) is 11.8 Å². The molecular formula is C32H44FN3O2. The van der Waals surface area contributed by atoms with E-state index >= 15 is 0 Å². The quantitative estimate of drug-likeness (QED) is 0.427. The van der Waals surface area contributed by atoms with Crippen LogP contribution in [-0.2, 0) is 29.6 Å². The van der Waals surface area contributed by atoms with Crippen LogP contribution in [0, 0.1) is 29.5 Å². The van der Waals surface area contributed by atoms with Gasteiger partial charge in [-0.25, -0.2) is 4.39 Å². The zero-order valence-corrected chi connectivity index (χ0v) is 23.2. The highest BCUT2D eigenvalue weighted by Gasteiger charge is 2.47. The molecule has 2 aromatic rings. The summed E-state index contributed by atoms with van der Waals surface area (Å²) in [4.78, 5) is 14.9. The van der Waals surface area contributed by atoms with Crippen molar-refractivity contribution in [3.8, 4) is 0 Å². The Morgan fingerprint density at radius 3 is 2.63 bits per heavy atom. The van der Waals surface area contributed by atoms with E-state index in [4.69, 9.17) is 5.10 Å². The van der Waals surface area contributed by atoms with E-state index in [1.165, 1.54) is 61.5 Å². The van der Waals surface area contributed by atoms with Crippen LogP contribution in [0.5, 0.6) is 0 Å². The lowest BCUT2D eigenvalue weighted by Crippen LogP contribution is -2.44. The van der Waals surface area contributed by atoms with Crippen LogP contribution in [0.2, 0.25) is 0 Å². The van der Waals surface area contributed by atoms with Gasteiger partial charge in [-0.05, 0) is 118 Å². The summed E-state index contributed by atoms with van der Waals surface area (Å²) in [5, 5.41) is 15.1. The predicted octanol–water partition coefficient (Wildman–Crippen LogP) is 6.20. The lowest BCUT2D eigenvalue weighted by molar-refractivity contribution is -0.144. The van der Waals surface area contributed by atoms with Gasteiger partial charge in [-0.15, -0.1) is 0 Å². The number of hydrogen-bond donors (Lipinski definition) is 1. The second kappa shape index (κ2) is 10.4. The van der Waals surface area contributed by atoms with Crippen molar-refractivity contribution in [2.45, 2.75) is 95.9 Å². The molecule has 3 fully saturated rings. The summed E-state index contributed by atoms with van der Waals surface area (Å²) in [5.74, 6) is 0.328. The number of aromatic nitrogens is 2. The van der Waals surface area contributed by atoms with Crippen LogP contribution < -0.4 is 0 Å². The summed E-state index contributed by atoms with van der Waals surface area (Å²) >= 11 is 0. The molecule has 1 aromatic heterocycles. The number of nitrogens with zero attached hydrogens (tertiary/aromatic N) is 3. The second-order valence-electron chi connectivity index (χ2n) is 12.8. The van der Waals surface area contributed by atoms with E-state index in [0.717, 1.165) is 57.4 Å². The molecule has 1 saturated heterocycles. The standard InChI is InChI=1S/C32H44FN3O2/c1-3-29-26-10-11-32(30(26)36(4-2)34-29)12-14-35(15-13-32)20-24-17-23(28(31(37)38)16-21-8-9-21)19-27(24)22-6-5-7-25(33)18-22/h5-7,18,21,23-24,27-28H,3-4,8-17,19-20H2,1-2H3,(H,37,38)/t23?,24-,27-,28?/m1/s1. The van der Waals surface area contributed by atoms with Crippen LogP contribution in [0.3, 0.4) is 0 Å². The van der Waals surface area contributed by atoms with Gasteiger partial charge in [0, 0.05) is 24.2 Å². The number of aryl methyl sites for hydroxylation is 2. The fourth-order valence-corrected chi connectivity index (χ4v) is 8.43. The third kappa shape index (κ3) is 4.82. The largest absolute Gasteiger partial charge is 0.481 e. The molecule has 1 N–H and O–H groups in total. The third-order valence-electron chi connectivity index (χ3n) is 10.6. The van der Waals surface area contributed by atoms with Crippen molar-refractivity contribution in [2.24, 2.45) is 23.7 Å². The van der Waals surface area contributed by atoms with Crippen molar-refractivity contribution in [3.05, 3.63) is 52.6 Å². The first-order chi connectivity index (χ1) is 18.4. The molecule has 0 radical (unpaired) electrons. The molecule has 38 heavy (non-hydrogen) atoms. The first-order valence-electron chi connectivity index (χ1n) is 15.2. The fraction of sp³-hybridized carbons (Fsp3) is 0.688. The number of aliphatic carboxylic acids is 1. The number of carboxylic acid groups (broad SMARTS) is 1. The number of likely N-dealkylation sites (tertiary alicyclic amines) is 1. The Morgan fingerprint density at radius 2 is 1.97 bits per heavy atom. The average Bonchev–Trinajstić information content (AvgIpc) is 3.37. The van der Waals surface area contributed by atoms with Crippen LogP contribution in [0.1, 0.15) is 93.6 Å². The Hall–Kier alpha value is -2.21. The van der Waals surface area contributed by atoms with Gasteiger partial charge in [-0.3, -0.25) is 9.48 Å². The number of rotatable bonds is 9. The first kappa shape index (κ1) is 26.0. The van der Waals surface area contributed by atoms with Gasteiger partial charge in [-0.2, -0.15) is 5.10 Å². The summed E-state index contributed by atoms with van der Waals surface area (Å²) in [6.45, 7) is 8.53. The van der Waals surface area contributed by atoms with Crippen LogP contribution in [0.25, 0.3) is 0 Å². The highest BCUT2D eigenvalue weighted by Crippen LogP contribution is 2.51. The Balaban J connectivity index is 1.18. The molecule has 6 heteroatoms. The number of hydrogen-bond acceptors (Lipinski definition) is 3. The minimum Gasteiger partial charge on any atom is -0.481 e. The van der Waals surface area contributed by atoms with Gasteiger partial charge in [-0.1, -0.05) is 31.9 Å². The SMILES string of the molecule is CCc1nn(CC)c2c1CCC21CCN(C[C@H]2CC(C(CC3CC3)C(=O)O)C[C@@H]2c2cccc(F)c2)CC1. The van der Waals surface area contributed by atoms with E-state index in [9.17, 15) is 14.3 Å². The molecule has 1 aliphatic heterocycles. The maximum Gasteiger partial charge on any atom is 0.306 e. The highest BCUT2D eigenvalue weighted by molar-refractivity contribution is 5.70. The molecule has 3 aliphatic carbocycles. The molecule has 2 saturated carbocycles. The molecular weight excluding hydrogens is 477 g/mol. The van der Waals surface area contributed by atoms with Crippen molar-refractivity contribution in [1.29, 1.82) is 0 Å². The van der Waals surface area contributed by atoms with Crippen LogP contribution in [0.15, 0.2) is 24.3 Å². The number of fused-ring (bicyclic) bond motifs is 2. The smallest absolute Gasteiger partial charge is 0.306 e. The topological polar surface area (TPSA) is 58.4 Å².